The zero-order chi connectivity index (χ0) is 24.0. The highest BCUT2D eigenvalue weighted by molar-refractivity contribution is 6.10. The van der Waals surface area contributed by atoms with E-state index in [2.05, 4.69) is 5.10 Å². The minimum atomic E-state index is -0.384. The summed E-state index contributed by atoms with van der Waals surface area (Å²) in [6, 6.07) is 17.6. The van der Waals surface area contributed by atoms with Gasteiger partial charge in [-0.1, -0.05) is 31.2 Å². The van der Waals surface area contributed by atoms with Crippen LogP contribution in [0.4, 0.5) is 16.2 Å². The van der Waals surface area contributed by atoms with Crippen LogP contribution in [0.15, 0.2) is 54.6 Å². The van der Waals surface area contributed by atoms with Gasteiger partial charge in [-0.25, -0.2) is 9.31 Å². The summed E-state index contributed by atoms with van der Waals surface area (Å²) in [5.74, 6) is -0.181. The Morgan fingerprint density at radius 1 is 1.00 bits per heavy atom. The fourth-order valence-electron chi connectivity index (χ4n) is 4.67. The van der Waals surface area contributed by atoms with E-state index >= 15 is 0 Å². The number of pyridine rings is 1. The highest BCUT2D eigenvalue weighted by Gasteiger charge is 2.38. The van der Waals surface area contributed by atoms with Crippen LogP contribution < -0.4 is 9.80 Å². The molecule has 34 heavy (non-hydrogen) atoms. The van der Waals surface area contributed by atoms with Crippen molar-refractivity contribution >= 4 is 39.8 Å². The highest BCUT2D eigenvalue weighted by atomic mass is 16.6. The molecule has 1 atom stereocenters. The van der Waals surface area contributed by atoms with Crippen LogP contribution in [0.25, 0.3) is 16.4 Å². The van der Waals surface area contributed by atoms with Crippen LogP contribution in [-0.2, 0) is 4.74 Å². The normalized spacial score (nSPS) is 15.6. The lowest BCUT2D eigenvalue weighted by Gasteiger charge is -2.41. The van der Waals surface area contributed by atoms with Crippen molar-refractivity contribution in [3.63, 3.8) is 0 Å². The number of aryl methyl sites for hydroxylation is 2. The Morgan fingerprint density at radius 2 is 1.74 bits per heavy atom. The summed E-state index contributed by atoms with van der Waals surface area (Å²) in [6.07, 6.45) is 0.301. The van der Waals surface area contributed by atoms with Crippen molar-refractivity contribution in [2.75, 3.05) is 23.0 Å². The number of amides is 2. The maximum atomic E-state index is 13.8. The molecule has 0 saturated heterocycles. The van der Waals surface area contributed by atoms with Crippen LogP contribution in [0.2, 0.25) is 0 Å². The van der Waals surface area contributed by atoms with E-state index in [1.54, 1.807) is 16.7 Å². The monoisotopic (exact) mass is 456 g/mol. The molecular weight excluding hydrogens is 428 g/mol. The predicted molar refractivity (Wildman–Crippen MR) is 134 cm³/mol. The van der Waals surface area contributed by atoms with E-state index in [1.807, 2.05) is 79.9 Å². The fourth-order valence-corrected chi connectivity index (χ4v) is 4.67. The van der Waals surface area contributed by atoms with Gasteiger partial charge in [0.05, 0.1) is 35.1 Å². The van der Waals surface area contributed by atoms with Crippen molar-refractivity contribution in [3.05, 3.63) is 71.4 Å². The Labute approximate surface area is 198 Å². The molecule has 0 spiro atoms. The highest BCUT2D eigenvalue weighted by Crippen LogP contribution is 2.39. The summed E-state index contributed by atoms with van der Waals surface area (Å²) in [4.78, 5) is 30.2. The van der Waals surface area contributed by atoms with Crippen LogP contribution >= 0.6 is 0 Å². The maximum absolute atomic E-state index is 13.8. The minimum Gasteiger partial charge on any atom is -0.449 e. The van der Waals surface area contributed by atoms with Crippen LogP contribution in [-0.4, -0.2) is 40.8 Å². The molecule has 7 heteroatoms. The number of aromatic nitrogens is 2. The largest absolute Gasteiger partial charge is 0.449 e. The predicted octanol–water partition coefficient (Wildman–Crippen LogP) is 5.51. The third-order valence-electron chi connectivity index (χ3n) is 6.64. The van der Waals surface area contributed by atoms with Crippen LogP contribution in [0.5, 0.6) is 0 Å². The number of nitrogens with zero attached hydrogens (tertiary/aromatic N) is 4. The number of ether oxygens (including phenoxy) is 1. The molecule has 1 unspecified atom stereocenters. The quantitative estimate of drug-likeness (QED) is 0.408. The fraction of sp³-hybridized carbons (Fsp3) is 0.296. The summed E-state index contributed by atoms with van der Waals surface area (Å²) in [5, 5.41) is 5.74. The lowest BCUT2D eigenvalue weighted by atomic mass is 10.00. The molecule has 5 rings (SSSR count). The number of para-hydroxylation sites is 1. The number of fused-ring (bicyclic) bond motifs is 4. The molecule has 2 aromatic carbocycles. The molecule has 0 radical (unpaired) electrons. The molecule has 0 fully saturated rings. The van der Waals surface area contributed by atoms with Crippen LogP contribution in [0, 0.1) is 13.8 Å². The Balaban J connectivity index is 1.62. The summed E-state index contributed by atoms with van der Waals surface area (Å²) in [7, 11) is 0. The van der Waals surface area contributed by atoms with Crippen molar-refractivity contribution in [3.8, 4) is 0 Å². The van der Waals surface area contributed by atoms with E-state index in [9.17, 15) is 9.59 Å². The molecule has 1 aliphatic heterocycles. The second-order valence-electron chi connectivity index (χ2n) is 8.73. The smallest absolute Gasteiger partial charge is 0.414 e. The van der Waals surface area contributed by atoms with Crippen molar-refractivity contribution in [2.24, 2.45) is 0 Å². The van der Waals surface area contributed by atoms with Crippen LogP contribution in [0.1, 0.15) is 41.9 Å². The minimum absolute atomic E-state index is 0.181. The van der Waals surface area contributed by atoms with Gasteiger partial charge >= 0.3 is 6.09 Å². The van der Waals surface area contributed by atoms with Gasteiger partial charge in [-0.15, -0.1) is 0 Å². The Kier molecular flexibility index (Phi) is 5.48. The zero-order valence-corrected chi connectivity index (χ0v) is 19.9. The first-order valence-electron chi connectivity index (χ1n) is 11.7. The first-order chi connectivity index (χ1) is 16.4. The lowest BCUT2D eigenvalue weighted by molar-refractivity contribution is 0.0976. The lowest BCUT2D eigenvalue weighted by Crippen LogP contribution is -2.53. The van der Waals surface area contributed by atoms with E-state index < -0.39 is 0 Å². The average molecular weight is 457 g/mol. The van der Waals surface area contributed by atoms with Gasteiger partial charge in [0.2, 0.25) is 0 Å². The maximum Gasteiger partial charge on any atom is 0.414 e. The average Bonchev–Trinajstić information content (AvgIpc) is 3.28. The van der Waals surface area contributed by atoms with Gasteiger partial charge in [-0.05, 0) is 68.7 Å². The van der Waals surface area contributed by atoms with Crippen molar-refractivity contribution in [2.45, 2.75) is 40.2 Å². The van der Waals surface area contributed by atoms with Crippen LogP contribution in [0.3, 0.4) is 0 Å². The molecule has 4 aromatic rings. The molecule has 2 aromatic heterocycles. The molecule has 0 N–H and O–H groups in total. The zero-order valence-electron chi connectivity index (χ0n) is 19.9. The number of anilines is 2. The van der Waals surface area contributed by atoms with E-state index in [0.29, 0.717) is 36.6 Å². The Hall–Kier alpha value is -3.87. The standard InChI is InChI=1S/C27H28N4O3/c1-5-20-16-29(24-13-17(3)18(4)14-25(24)30(20)27(33)34-6-2)26(32)22-15-21-12-11-19-9-7-8-10-23(19)31(21)28-22/h7-15,20H,5-6,16H2,1-4H3. The van der Waals surface area contributed by atoms with E-state index in [-0.39, 0.29) is 18.0 Å². The topological polar surface area (TPSA) is 67.2 Å². The third kappa shape index (κ3) is 3.48. The molecule has 1 aliphatic rings. The second kappa shape index (κ2) is 8.48. The summed E-state index contributed by atoms with van der Waals surface area (Å²) in [6.45, 7) is 8.50. The number of rotatable bonds is 3. The number of hydrogen-bond acceptors (Lipinski definition) is 4. The van der Waals surface area contributed by atoms with Gasteiger partial charge in [-0.2, -0.15) is 5.10 Å². The summed E-state index contributed by atoms with van der Waals surface area (Å²) >= 11 is 0. The molecule has 0 saturated carbocycles. The van der Waals surface area contributed by atoms with Crippen molar-refractivity contribution < 1.29 is 14.3 Å². The summed E-state index contributed by atoms with van der Waals surface area (Å²) in [5.41, 5.74) is 5.69. The van der Waals surface area contributed by atoms with Gasteiger partial charge in [0, 0.05) is 11.9 Å². The van der Waals surface area contributed by atoms with Gasteiger partial charge in [0.25, 0.3) is 5.91 Å². The van der Waals surface area contributed by atoms with E-state index in [0.717, 1.165) is 27.5 Å². The first-order valence-corrected chi connectivity index (χ1v) is 11.7. The van der Waals surface area contributed by atoms with Crippen molar-refractivity contribution in [1.29, 1.82) is 0 Å². The molecule has 3 heterocycles. The molecule has 2 amide bonds. The van der Waals surface area contributed by atoms with Crippen molar-refractivity contribution in [1.82, 2.24) is 9.61 Å². The number of hydrogen-bond donors (Lipinski definition) is 0. The Bertz CT molecular complexity index is 1420. The molecular formula is C27H28N4O3. The van der Waals surface area contributed by atoms with Gasteiger partial charge < -0.3 is 9.64 Å². The molecule has 0 aliphatic carbocycles. The number of benzene rings is 2. The first kappa shape index (κ1) is 21.9. The van der Waals surface area contributed by atoms with Gasteiger partial charge in [0.1, 0.15) is 0 Å². The number of carbonyl (C=O) groups excluding carboxylic acids is 2. The molecule has 174 valence electrons. The summed E-state index contributed by atoms with van der Waals surface area (Å²) < 4.78 is 7.18. The van der Waals surface area contributed by atoms with Gasteiger partial charge in [0.15, 0.2) is 5.69 Å². The molecule has 7 nitrogen and oxygen atoms in total. The second-order valence-corrected chi connectivity index (χ2v) is 8.73. The van der Waals surface area contributed by atoms with E-state index in [4.69, 9.17) is 4.74 Å². The third-order valence-corrected chi connectivity index (χ3v) is 6.64. The van der Waals surface area contributed by atoms with Gasteiger partial charge in [-0.3, -0.25) is 9.69 Å². The number of carbonyl (C=O) groups is 2. The molecule has 0 bridgehead atoms. The SMILES string of the molecule is CCOC(=O)N1c2cc(C)c(C)cc2N(C(=O)c2cc3ccc4ccccc4n3n2)CC1CC. The van der Waals surface area contributed by atoms with E-state index in [1.165, 1.54) is 0 Å². The Morgan fingerprint density at radius 3 is 2.47 bits per heavy atom.